The number of piperazine rings is 1. The molecular formula is C32H47N3O5. The van der Waals surface area contributed by atoms with E-state index in [-0.39, 0.29) is 30.1 Å². The van der Waals surface area contributed by atoms with E-state index < -0.39 is 23.9 Å². The van der Waals surface area contributed by atoms with Gasteiger partial charge in [0, 0.05) is 56.3 Å². The van der Waals surface area contributed by atoms with Gasteiger partial charge >= 0.3 is 12.1 Å². The first-order chi connectivity index (χ1) is 19.0. The Morgan fingerprint density at radius 2 is 1.95 bits per heavy atom. The van der Waals surface area contributed by atoms with E-state index in [0.717, 1.165) is 24.4 Å². The van der Waals surface area contributed by atoms with Crippen LogP contribution in [-0.2, 0) is 14.3 Å². The van der Waals surface area contributed by atoms with Gasteiger partial charge in [-0.15, -0.1) is 0 Å². The highest BCUT2D eigenvalue weighted by Gasteiger charge is 2.36. The van der Waals surface area contributed by atoms with E-state index >= 15 is 0 Å². The summed E-state index contributed by atoms with van der Waals surface area (Å²) >= 11 is 0. The van der Waals surface area contributed by atoms with Crippen LogP contribution in [0.15, 0.2) is 60.3 Å². The van der Waals surface area contributed by atoms with Crippen LogP contribution in [0, 0.1) is 11.8 Å². The lowest BCUT2D eigenvalue weighted by Gasteiger charge is -2.36. The van der Waals surface area contributed by atoms with Crippen molar-refractivity contribution in [3.05, 3.63) is 66.0 Å². The zero-order valence-corrected chi connectivity index (χ0v) is 25.0. The molecule has 1 aromatic heterocycles. The largest absolute Gasteiger partial charge is 0.457 e. The number of carbonyl (C=O) groups excluding carboxylic acids is 2. The molecule has 0 aromatic carbocycles. The number of pyridine rings is 1. The molecule has 0 spiro atoms. The van der Waals surface area contributed by atoms with Crippen LogP contribution in [0.5, 0.6) is 0 Å². The number of amides is 1. The molecule has 220 valence electrons. The summed E-state index contributed by atoms with van der Waals surface area (Å²) in [5.41, 5.74) is 0.606. The zero-order valence-electron chi connectivity index (χ0n) is 25.0. The first kappa shape index (κ1) is 31.6. The van der Waals surface area contributed by atoms with Crippen LogP contribution >= 0.6 is 0 Å². The van der Waals surface area contributed by atoms with Crippen LogP contribution in [0.4, 0.5) is 4.79 Å². The average Bonchev–Trinajstić information content (AvgIpc) is 2.92. The molecular weight excluding hydrogens is 506 g/mol. The van der Waals surface area contributed by atoms with Crippen molar-refractivity contribution in [1.82, 2.24) is 14.8 Å². The van der Waals surface area contributed by atoms with Gasteiger partial charge in [0.15, 0.2) is 6.10 Å². The molecule has 1 aromatic rings. The lowest BCUT2D eigenvalue weighted by atomic mass is 9.87. The normalized spacial score (nSPS) is 31.1. The number of nitrogens with zero attached hydrogens (tertiary/aromatic N) is 3. The summed E-state index contributed by atoms with van der Waals surface area (Å²) in [6.07, 6.45) is 11.0. The standard InChI is InChI=1S/C32H47N3O5/c1-23-15-16-32(5,38)28(39-31(37)35-20-18-34(6)19-21-35)14-13-26(4)30(40-29(36)22-23)25(3)11-9-10-24(2)27-12-7-8-17-33-27/h7-14,17,23-24,26,28,30,38H,15-16,18-22H2,1-6H3/b10-9+,14-13+,25-11+/t23-,24-,26+,28+,30-,32-/m1/s1. The van der Waals surface area contributed by atoms with Gasteiger partial charge in [-0.25, -0.2) is 4.79 Å². The number of rotatable bonds is 5. The number of aromatic nitrogens is 1. The lowest BCUT2D eigenvalue weighted by Crippen LogP contribution is -2.50. The Labute approximate surface area is 239 Å². The summed E-state index contributed by atoms with van der Waals surface area (Å²) in [7, 11) is 2.03. The summed E-state index contributed by atoms with van der Waals surface area (Å²) in [6, 6.07) is 5.87. The SMILES string of the molecule is C/C(=C\C=C\[C@@H](C)c1ccccn1)[C@H]1OC(=O)C[C@H](C)CC[C@@](C)(O)[C@@H](OC(=O)N2CCN(C)CC2)/C=C/[C@@H]1C. The van der Waals surface area contributed by atoms with Gasteiger partial charge in [0.05, 0.1) is 0 Å². The fourth-order valence-electron chi connectivity index (χ4n) is 5.01. The summed E-state index contributed by atoms with van der Waals surface area (Å²) in [6.45, 7) is 12.4. The van der Waals surface area contributed by atoms with E-state index in [1.54, 1.807) is 24.1 Å². The van der Waals surface area contributed by atoms with Crippen LogP contribution < -0.4 is 0 Å². The van der Waals surface area contributed by atoms with E-state index in [0.29, 0.717) is 25.9 Å². The van der Waals surface area contributed by atoms with Gasteiger partial charge in [-0.3, -0.25) is 9.78 Å². The predicted octanol–water partition coefficient (Wildman–Crippen LogP) is 5.12. The third-order valence-corrected chi connectivity index (χ3v) is 7.95. The molecule has 8 nitrogen and oxygen atoms in total. The Morgan fingerprint density at radius 1 is 1.23 bits per heavy atom. The minimum Gasteiger partial charge on any atom is -0.457 e. The molecule has 0 radical (unpaired) electrons. The smallest absolute Gasteiger partial charge is 0.410 e. The zero-order chi connectivity index (χ0) is 29.3. The molecule has 0 bridgehead atoms. The second-order valence-electron chi connectivity index (χ2n) is 11.8. The topological polar surface area (TPSA) is 92.2 Å². The van der Waals surface area contributed by atoms with E-state index in [1.807, 2.05) is 64.2 Å². The number of hydrogen-bond acceptors (Lipinski definition) is 7. The molecule has 3 heterocycles. The Bertz CT molecular complexity index is 1060. The minimum absolute atomic E-state index is 0.00993. The average molecular weight is 554 g/mol. The van der Waals surface area contributed by atoms with Gasteiger partial charge in [-0.05, 0) is 63.4 Å². The van der Waals surface area contributed by atoms with Gasteiger partial charge in [-0.1, -0.05) is 51.1 Å². The van der Waals surface area contributed by atoms with Crippen molar-refractivity contribution < 1.29 is 24.2 Å². The molecule has 0 aliphatic carbocycles. The molecule has 1 amide bonds. The maximum Gasteiger partial charge on any atom is 0.410 e. The van der Waals surface area contributed by atoms with E-state index in [1.165, 1.54) is 0 Å². The second kappa shape index (κ2) is 14.6. The summed E-state index contributed by atoms with van der Waals surface area (Å²) in [4.78, 5) is 34.2. The van der Waals surface area contributed by atoms with Crippen molar-refractivity contribution in [2.45, 2.75) is 77.6 Å². The fraction of sp³-hybridized carbons (Fsp3) is 0.594. The molecule has 1 saturated heterocycles. The summed E-state index contributed by atoms with van der Waals surface area (Å²) in [5.74, 6) is -0.317. The van der Waals surface area contributed by atoms with E-state index in [4.69, 9.17) is 9.47 Å². The van der Waals surface area contributed by atoms with Gasteiger partial charge in [0.1, 0.15) is 11.7 Å². The number of allylic oxidation sites excluding steroid dienone is 3. The van der Waals surface area contributed by atoms with Crippen LogP contribution in [-0.4, -0.2) is 83.0 Å². The Hall–Kier alpha value is -2.97. The van der Waals surface area contributed by atoms with Crippen molar-refractivity contribution >= 4 is 12.1 Å². The maximum absolute atomic E-state index is 13.0. The van der Waals surface area contributed by atoms with Crippen molar-refractivity contribution in [1.29, 1.82) is 0 Å². The number of likely N-dealkylation sites (N-methyl/N-ethyl adjacent to an activating group) is 1. The van der Waals surface area contributed by atoms with Gasteiger partial charge in [0.25, 0.3) is 0 Å². The Morgan fingerprint density at radius 3 is 2.62 bits per heavy atom. The summed E-state index contributed by atoms with van der Waals surface area (Å²) < 4.78 is 11.9. The van der Waals surface area contributed by atoms with Gasteiger partial charge in [-0.2, -0.15) is 0 Å². The highest BCUT2D eigenvalue weighted by atomic mass is 16.6. The first-order valence-corrected chi connectivity index (χ1v) is 14.5. The van der Waals surface area contributed by atoms with Crippen molar-refractivity contribution in [3.8, 4) is 0 Å². The maximum atomic E-state index is 13.0. The molecule has 8 heteroatoms. The van der Waals surface area contributed by atoms with E-state index in [2.05, 4.69) is 22.9 Å². The molecule has 0 unspecified atom stereocenters. The van der Waals surface area contributed by atoms with Crippen LogP contribution in [0.2, 0.25) is 0 Å². The van der Waals surface area contributed by atoms with Crippen LogP contribution in [0.3, 0.4) is 0 Å². The molecule has 1 fully saturated rings. The number of esters is 1. The molecule has 40 heavy (non-hydrogen) atoms. The number of carbonyl (C=O) groups is 2. The van der Waals surface area contributed by atoms with Gasteiger partial charge < -0.3 is 24.4 Å². The number of ether oxygens (including phenoxy) is 2. The third kappa shape index (κ3) is 9.30. The highest BCUT2D eigenvalue weighted by Crippen LogP contribution is 2.29. The highest BCUT2D eigenvalue weighted by molar-refractivity contribution is 5.70. The summed E-state index contributed by atoms with van der Waals surface area (Å²) in [5, 5.41) is 11.4. The third-order valence-electron chi connectivity index (χ3n) is 7.95. The van der Waals surface area contributed by atoms with Crippen molar-refractivity contribution in [2.24, 2.45) is 11.8 Å². The quantitative estimate of drug-likeness (QED) is 0.308. The molecule has 2 aliphatic heterocycles. The minimum atomic E-state index is -1.28. The van der Waals surface area contributed by atoms with Crippen LogP contribution in [0.25, 0.3) is 0 Å². The molecule has 3 rings (SSSR count). The van der Waals surface area contributed by atoms with Crippen molar-refractivity contribution in [2.75, 3.05) is 33.2 Å². The molecule has 1 N–H and O–H groups in total. The Kier molecular flexibility index (Phi) is 11.5. The predicted molar refractivity (Wildman–Crippen MR) is 157 cm³/mol. The van der Waals surface area contributed by atoms with Crippen LogP contribution in [0.1, 0.15) is 65.5 Å². The van der Waals surface area contributed by atoms with Gasteiger partial charge in [0.2, 0.25) is 0 Å². The number of aliphatic hydroxyl groups is 1. The molecule has 2 aliphatic rings. The Balaban J connectivity index is 1.81. The molecule has 0 saturated carbocycles. The van der Waals surface area contributed by atoms with Crippen molar-refractivity contribution in [3.63, 3.8) is 0 Å². The fourth-order valence-corrected chi connectivity index (χ4v) is 5.01. The molecule has 6 atom stereocenters. The monoisotopic (exact) mass is 553 g/mol. The second-order valence-corrected chi connectivity index (χ2v) is 11.8. The van der Waals surface area contributed by atoms with E-state index in [9.17, 15) is 14.7 Å². The first-order valence-electron chi connectivity index (χ1n) is 14.5. The lowest BCUT2D eigenvalue weighted by molar-refractivity contribution is -0.150. The number of hydrogen-bond donors (Lipinski definition) is 1. The number of cyclic esters (lactones) is 1.